The Hall–Kier alpha value is -4.26. The Labute approximate surface area is 401 Å². The van der Waals surface area contributed by atoms with E-state index in [1.807, 2.05) is 58.1 Å². The minimum atomic E-state index is -2.42. The third-order valence-electron chi connectivity index (χ3n) is 15.1. The van der Waals surface area contributed by atoms with Crippen LogP contribution < -0.4 is 0 Å². The second kappa shape index (κ2) is 24.0. The number of Topliss-reactive ketones (excluding diaryl/α,β-unsaturated/α-hetero) is 3. The zero-order chi connectivity index (χ0) is 49.3. The van der Waals surface area contributed by atoms with Crippen molar-refractivity contribution in [3.8, 4) is 0 Å². The van der Waals surface area contributed by atoms with Crippen LogP contribution in [0.4, 0.5) is 0 Å². The van der Waals surface area contributed by atoms with Crippen molar-refractivity contribution in [1.82, 2.24) is 25.1 Å². The summed E-state index contributed by atoms with van der Waals surface area (Å²) in [6, 6.07) is -1.21. The first-order chi connectivity index (χ1) is 32.5. The van der Waals surface area contributed by atoms with Crippen LogP contribution in [0.5, 0.6) is 0 Å². The van der Waals surface area contributed by atoms with Crippen LogP contribution in [0.1, 0.15) is 125 Å². The van der Waals surface area contributed by atoms with Crippen LogP contribution in [-0.4, -0.2) is 142 Å². The minimum Gasteiger partial charge on any atom is -0.460 e. The Morgan fingerprint density at radius 3 is 2.38 bits per heavy atom. The monoisotopic (exact) mass is 950 g/mol. The molecular formula is C51H75N5O12. The molecule has 68 heavy (non-hydrogen) atoms. The van der Waals surface area contributed by atoms with E-state index in [2.05, 4.69) is 15.4 Å². The number of fused-ring (bicyclic) bond motifs is 5. The highest BCUT2D eigenvalue weighted by Crippen LogP contribution is 2.39. The van der Waals surface area contributed by atoms with Gasteiger partial charge in [0.05, 0.1) is 24.4 Å². The summed E-state index contributed by atoms with van der Waals surface area (Å²) >= 11 is 0. The number of amides is 1. The maximum absolute atomic E-state index is 14.5. The molecule has 1 aromatic rings. The SMILES string of the molecule is COC1CC(CC(C)[C@@H]2CC(=O)[C@H](C)/C=C(\C)[C@H]3OC(C[C@H](C)/C=C/C=C/C=C(\C)[C@@H](OC)C[C@@H]4CCC(C)[C@@](O)(O4)C(=O)C(=O)N4CCCC[C@H]4C(=O)O2)C(=O)C3OC)CCC1n1ncnn1. The number of cyclic esters (lactones) is 1. The summed E-state index contributed by atoms with van der Waals surface area (Å²) in [6.45, 7) is 11.3. The molecule has 1 amide bonds. The fraction of sp³-hybridized carbons (Fsp3) is 0.725. The average molecular weight is 950 g/mol. The number of ketones is 3. The molecule has 4 aliphatic heterocycles. The average Bonchev–Trinajstić information content (AvgIpc) is 3.98. The van der Waals surface area contributed by atoms with Crippen LogP contribution in [0.15, 0.2) is 53.9 Å². The summed E-state index contributed by atoms with van der Waals surface area (Å²) in [5.74, 6) is -7.10. The fourth-order valence-electron chi connectivity index (χ4n) is 10.9. The summed E-state index contributed by atoms with van der Waals surface area (Å²) in [4.78, 5) is 73.8. The quantitative estimate of drug-likeness (QED) is 0.194. The summed E-state index contributed by atoms with van der Waals surface area (Å²) in [6.07, 6.45) is 14.3. The highest BCUT2D eigenvalue weighted by atomic mass is 16.6. The van der Waals surface area contributed by atoms with Crippen LogP contribution >= 0.6 is 0 Å². The lowest BCUT2D eigenvalue weighted by atomic mass is 9.77. The summed E-state index contributed by atoms with van der Waals surface area (Å²) < 4.78 is 36.4. The van der Waals surface area contributed by atoms with Crippen LogP contribution in [0, 0.1) is 29.6 Å². The number of aromatic nitrogens is 4. The Kier molecular flexibility index (Phi) is 18.8. The minimum absolute atomic E-state index is 0.0130. The molecule has 6 rings (SSSR count). The molecule has 376 valence electrons. The molecule has 1 aliphatic carbocycles. The predicted molar refractivity (Wildman–Crippen MR) is 249 cm³/mol. The first kappa shape index (κ1) is 53.1. The van der Waals surface area contributed by atoms with Crippen molar-refractivity contribution in [2.45, 2.75) is 179 Å². The molecule has 17 nitrogen and oxygen atoms in total. The summed E-state index contributed by atoms with van der Waals surface area (Å²) in [5, 5.41) is 24.2. The number of nitrogens with zero attached hydrogens (tertiary/aromatic N) is 5. The van der Waals surface area contributed by atoms with Gasteiger partial charge >= 0.3 is 5.97 Å². The largest absolute Gasteiger partial charge is 0.460 e. The van der Waals surface area contributed by atoms with Crippen molar-refractivity contribution in [2.24, 2.45) is 29.6 Å². The number of hydrogen-bond acceptors (Lipinski definition) is 15. The predicted octanol–water partition coefficient (Wildman–Crippen LogP) is 5.82. The van der Waals surface area contributed by atoms with Gasteiger partial charge in [-0.25, -0.2) is 4.79 Å². The molecule has 5 aliphatic rings. The Balaban J connectivity index is 1.30. The molecule has 1 saturated carbocycles. The van der Waals surface area contributed by atoms with E-state index in [0.717, 1.165) is 18.4 Å². The van der Waals surface area contributed by atoms with Gasteiger partial charge in [0.1, 0.15) is 36.2 Å². The number of allylic oxidation sites excluding steroid dienone is 6. The fourth-order valence-corrected chi connectivity index (χ4v) is 10.9. The number of aliphatic hydroxyl groups is 1. The Morgan fingerprint density at radius 1 is 0.897 bits per heavy atom. The molecule has 1 N–H and O–H groups in total. The zero-order valence-corrected chi connectivity index (χ0v) is 41.5. The summed E-state index contributed by atoms with van der Waals surface area (Å²) in [7, 11) is 4.73. The van der Waals surface area contributed by atoms with Gasteiger partial charge in [-0.15, -0.1) is 10.2 Å². The number of ether oxygens (including phenoxy) is 6. The summed E-state index contributed by atoms with van der Waals surface area (Å²) in [5.41, 5.74) is 1.57. The third kappa shape index (κ3) is 12.5. The van der Waals surface area contributed by atoms with Crippen molar-refractivity contribution in [3.63, 3.8) is 0 Å². The molecule has 7 unspecified atom stereocenters. The molecule has 0 spiro atoms. The standard InChI is InChI=1S/C51H75N5O12/c1-30-15-11-10-12-16-31(2)41(63-7)27-37-20-18-35(6)51(62,68-37)48(59)49(60)55-22-14-13-17-39(55)50(61)67-42(33(4)25-36-19-21-38(43(26-36)64-8)56-53-29-52-54-56)28-40(57)32(3)24-34(5)46-47(65-9)45(58)44(23-30)66-46/h10-12,15-16,24,29-30,32-33,35-39,41-44,46-47,62H,13-14,17-23,25-28H2,1-9H3/b12-10+,15-11+,31-16+,34-24+/t30-,32-,33?,35?,36?,37+,38?,39+,41+,42+,43?,44?,46-,47?,51-/m1/s1. The van der Waals surface area contributed by atoms with Crippen molar-refractivity contribution in [1.29, 1.82) is 0 Å². The van der Waals surface area contributed by atoms with Gasteiger partial charge in [-0.3, -0.25) is 19.2 Å². The van der Waals surface area contributed by atoms with Gasteiger partial charge in [0.25, 0.3) is 11.7 Å². The Bertz CT molecular complexity index is 2040. The van der Waals surface area contributed by atoms with Gasteiger partial charge in [0, 0.05) is 52.6 Å². The van der Waals surface area contributed by atoms with E-state index in [9.17, 15) is 29.1 Å². The topological polar surface area (TPSA) is 208 Å². The number of tetrazole rings is 1. The van der Waals surface area contributed by atoms with E-state index in [0.29, 0.717) is 56.9 Å². The van der Waals surface area contributed by atoms with E-state index < -0.39 is 77.9 Å². The van der Waals surface area contributed by atoms with Gasteiger partial charge in [-0.2, -0.15) is 4.80 Å². The number of carbonyl (C=O) groups excluding carboxylic acids is 5. The van der Waals surface area contributed by atoms with Gasteiger partial charge < -0.3 is 38.4 Å². The molecule has 4 bridgehead atoms. The number of methoxy groups -OCH3 is 3. The molecular weight excluding hydrogens is 875 g/mol. The molecule has 0 aromatic carbocycles. The molecule has 4 fully saturated rings. The van der Waals surface area contributed by atoms with Gasteiger partial charge in [0.15, 0.2) is 12.1 Å². The second-order valence-corrected chi connectivity index (χ2v) is 20.0. The van der Waals surface area contributed by atoms with Crippen molar-refractivity contribution < 1.29 is 57.5 Å². The van der Waals surface area contributed by atoms with Crippen LogP contribution in [0.2, 0.25) is 0 Å². The zero-order valence-electron chi connectivity index (χ0n) is 41.5. The third-order valence-corrected chi connectivity index (χ3v) is 15.1. The lowest BCUT2D eigenvalue weighted by molar-refractivity contribution is -0.265. The second-order valence-electron chi connectivity index (χ2n) is 20.0. The van der Waals surface area contributed by atoms with E-state index in [-0.39, 0.29) is 60.9 Å². The molecule has 1 aromatic heterocycles. The van der Waals surface area contributed by atoms with Crippen LogP contribution in [-0.2, 0) is 52.4 Å². The number of piperidine rings is 1. The van der Waals surface area contributed by atoms with Crippen molar-refractivity contribution >= 4 is 29.2 Å². The number of esters is 1. The van der Waals surface area contributed by atoms with Crippen molar-refractivity contribution in [2.75, 3.05) is 27.9 Å². The van der Waals surface area contributed by atoms with Gasteiger partial charge in [0.2, 0.25) is 5.79 Å². The number of rotatable bonds is 7. The van der Waals surface area contributed by atoms with Crippen LogP contribution in [0.25, 0.3) is 0 Å². The molecule has 5 heterocycles. The molecule has 17 heteroatoms. The number of carbonyl (C=O) groups is 5. The van der Waals surface area contributed by atoms with E-state index >= 15 is 0 Å². The van der Waals surface area contributed by atoms with Crippen molar-refractivity contribution in [3.05, 3.63) is 53.9 Å². The van der Waals surface area contributed by atoms with Gasteiger partial charge in [-0.05, 0) is 112 Å². The van der Waals surface area contributed by atoms with E-state index in [4.69, 9.17) is 28.4 Å². The maximum atomic E-state index is 14.5. The molecule has 3 saturated heterocycles. The van der Waals surface area contributed by atoms with E-state index in [1.54, 1.807) is 38.9 Å². The first-order valence-electron chi connectivity index (χ1n) is 24.7. The lowest BCUT2D eigenvalue weighted by Gasteiger charge is -2.42. The smallest absolute Gasteiger partial charge is 0.329 e. The van der Waals surface area contributed by atoms with Crippen LogP contribution in [0.3, 0.4) is 0 Å². The van der Waals surface area contributed by atoms with E-state index in [1.165, 1.54) is 18.3 Å². The lowest BCUT2D eigenvalue weighted by Crippen LogP contribution is -2.61. The number of hydrogen-bond donors (Lipinski definition) is 1. The maximum Gasteiger partial charge on any atom is 0.329 e. The normalized spacial score (nSPS) is 39.6. The Morgan fingerprint density at radius 2 is 1.68 bits per heavy atom. The highest BCUT2D eigenvalue weighted by molar-refractivity contribution is 6.39. The first-order valence-corrected chi connectivity index (χ1v) is 24.7. The molecule has 0 radical (unpaired) electrons. The van der Waals surface area contributed by atoms with Gasteiger partial charge in [-0.1, -0.05) is 64.2 Å². The highest BCUT2D eigenvalue weighted by Gasteiger charge is 2.53. The molecule has 15 atom stereocenters.